The summed E-state index contributed by atoms with van der Waals surface area (Å²) >= 11 is 0. The molecule has 2 heterocycles. The molecule has 9 aromatic carbocycles. The lowest BCUT2D eigenvalue weighted by atomic mass is 9.84. The summed E-state index contributed by atoms with van der Waals surface area (Å²) < 4.78 is 13.6. The summed E-state index contributed by atoms with van der Waals surface area (Å²) in [5.74, 6) is 0.863. The molecule has 0 amide bonds. The first-order valence-corrected chi connectivity index (χ1v) is 18.4. The van der Waals surface area contributed by atoms with Crippen molar-refractivity contribution in [2.75, 3.05) is 0 Å². The molecule has 0 aliphatic rings. The highest BCUT2D eigenvalue weighted by Gasteiger charge is 2.23. The lowest BCUT2D eigenvalue weighted by molar-refractivity contribution is 0.634. The van der Waals surface area contributed by atoms with Gasteiger partial charge in [0.15, 0.2) is 0 Å². The van der Waals surface area contributed by atoms with Gasteiger partial charge in [0, 0.05) is 21.9 Å². The molecule has 0 spiro atoms. The van der Waals surface area contributed by atoms with Crippen molar-refractivity contribution >= 4 is 54.5 Å². The van der Waals surface area contributed by atoms with Gasteiger partial charge in [0.2, 0.25) is 0 Å². The molecule has 11 rings (SSSR count). The normalized spacial score (nSPS) is 11.7. The Morgan fingerprint density at radius 2 is 0.796 bits per heavy atom. The number of benzene rings is 9. The molecule has 0 N–H and O–H groups in total. The van der Waals surface area contributed by atoms with Gasteiger partial charge in [-0.05, 0) is 84.8 Å². The molecule has 2 heteroatoms. The summed E-state index contributed by atoms with van der Waals surface area (Å²) in [6, 6.07) is 69.0. The lowest BCUT2D eigenvalue weighted by Crippen LogP contribution is -1.92. The fraction of sp³-hybridized carbons (Fsp3) is 0. The molecule has 2 nitrogen and oxygen atoms in total. The molecule has 0 saturated carbocycles. The van der Waals surface area contributed by atoms with E-state index in [1.807, 2.05) is 6.07 Å². The molecular weight excluding hydrogens is 657 g/mol. The van der Waals surface area contributed by atoms with Crippen LogP contribution in [-0.4, -0.2) is 0 Å². The maximum atomic E-state index is 6.89. The Kier molecular flexibility index (Phi) is 6.90. The first-order chi connectivity index (χ1) is 26.8. The molecule has 0 unspecified atom stereocenters. The van der Waals surface area contributed by atoms with Crippen LogP contribution in [0.3, 0.4) is 0 Å². The van der Waals surface area contributed by atoms with Crippen LogP contribution in [0.2, 0.25) is 0 Å². The van der Waals surface area contributed by atoms with Gasteiger partial charge >= 0.3 is 0 Å². The quantitative estimate of drug-likeness (QED) is 0.168. The Morgan fingerprint density at radius 3 is 1.44 bits per heavy atom. The van der Waals surface area contributed by atoms with Gasteiger partial charge in [-0.3, -0.25) is 0 Å². The molecule has 252 valence electrons. The fourth-order valence-corrected chi connectivity index (χ4v) is 8.55. The van der Waals surface area contributed by atoms with Crippen LogP contribution < -0.4 is 0 Å². The Hall–Kier alpha value is -7.16. The number of rotatable bonds is 5. The maximum absolute atomic E-state index is 6.89. The van der Waals surface area contributed by atoms with E-state index in [0.29, 0.717) is 0 Å². The van der Waals surface area contributed by atoms with Gasteiger partial charge < -0.3 is 8.83 Å². The van der Waals surface area contributed by atoms with Crippen molar-refractivity contribution in [3.63, 3.8) is 0 Å². The lowest BCUT2D eigenvalue weighted by Gasteiger charge is -2.19. The van der Waals surface area contributed by atoms with Crippen LogP contribution in [0.15, 0.2) is 203 Å². The van der Waals surface area contributed by atoms with Crippen molar-refractivity contribution in [3.05, 3.63) is 194 Å². The van der Waals surface area contributed by atoms with Crippen LogP contribution in [0, 0.1) is 0 Å². The Balaban J connectivity index is 1.15. The second-order valence-corrected chi connectivity index (χ2v) is 13.9. The van der Waals surface area contributed by atoms with E-state index in [2.05, 4.69) is 188 Å². The molecule has 0 radical (unpaired) electrons. The van der Waals surface area contributed by atoms with Crippen molar-refractivity contribution in [2.45, 2.75) is 0 Å². The third kappa shape index (κ3) is 4.67. The van der Waals surface area contributed by atoms with Crippen molar-refractivity contribution in [1.82, 2.24) is 0 Å². The monoisotopic (exact) mass is 688 g/mol. The molecular formula is C52H32O2. The molecule has 0 atom stereocenters. The second kappa shape index (κ2) is 12.2. The highest BCUT2D eigenvalue weighted by molar-refractivity contribution is 6.24. The van der Waals surface area contributed by atoms with Crippen LogP contribution in [0.25, 0.3) is 110 Å². The van der Waals surface area contributed by atoms with Gasteiger partial charge in [-0.25, -0.2) is 0 Å². The topological polar surface area (TPSA) is 26.3 Å². The summed E-state index contributed by atoms with van der Waals surface area (Å²) in [5.41, 5.74) is 13.0. The minimum atomic E-state index is 0.810. The van der Waals surface area contributed by atoms with E-state index >= 15 is 0 Å². The van der Waals surface area contributed by atoms with Crippen molar-refractivity contribution in [3.8, 4) is 55.8 Å². The van der Waals surface area contributed by atoms with Crippen LogP contribution in [0.4, 0.5) is 0 Å². The maximum Gasteiger partial charge on any atom is 0.147 e. The third-order valence-electron chi connectivity index (χ3n) is 10.9. The minimum Gasteiger partial charge on any atom is -0.456 e. The van der Waals surface area contributed by atoms with Crippen molar-refractivity contribution in [2.24, 2.45) is 0 Å². The van der Waals surface area contributed by atoms with E-state index < -0.39 is 0 Å². The van der Waals surface area contributed by atoms with Gasteiger partial charge in [0.1, 0.15) is 22.5 Å². The summed E-state index contributed by atoms with van der Waals surface area (Å²) in [4.78, 5) is 0. The molecule has 2 aromatic heterocycles. The Morgan fingerprint density at radius 1 is 0.278 bits per heavy atom. The zero-order chi connectivity index (χ0) is 35.6. The van der Waals surface area contributed by atoms with E-state index in [9.17, 15) is 0 Å². The molecule has 0 fully saturated rings. The summed E-state index contributed by atoms with van der Waals surface area (Å²) in [7, 11) is 0. The SMILES string of the molecule is c1ccc(-c2ccccc2-c2c3ccccc3c(-c3ccc4c(c3)oc3ccc5c(-c6ccccc6)c(-c6ccccc6)oc5c34)c3ccccc23)cc1. The summed E-state index contributed by atoms with van der Waals surface area (Å²) in [6.07, 6.45) is 0. The third-order valence-corrected chi connectivity index (χ3v) is 10.9. The van der Waals surface area contributed by atoms with Crippen molar-refractivity contribution < 1.29 is 8.83 Å². The number of furan rings is 2. The Bertz CT molecular complexity index is 3130. The standard InChI is InChI=1S/C52H32O2/c1-4-16-33(17-5-1)37-22-10-11-23-38(37)49-41-26-14-12-24-39(41)47(40-25-13-15-27-42(40)49)36-28-29-43-46(32-36)53-45-31-30-44-48(34-18-6-2-7-19-34)51(54-52(44)50(43)45)35-20-8-3-9-21-35/h1-32H. The molecule has 0 aliphatic carbocycles. The van der Waals surface area contributed by atoms with Crippen LogP contribution >= 0.6 is 0 Å². The molecule has 11 aromatic rings. The molecule has 0 bridgehead atoms. The van der Waals surface area contributed by atoms with Crippen LogP contribution in [-0.2, 0) is 0 Å². The molecule has 0 saturated heterocycles. The Labute approximate surface area is 312 Å². The van der Waals surface area contributed by atoms with Crippen LogP contribution in [0.1, 0.15) is 0 Å². The van der Waals surface area contributed by atoms with E-state index in [1.165, 1.54) is 49.4 Å². The zero-order valence-electron chi connectivity index (χ0n) is 29.3. The first-order valence-electron chi connectivity index (χ1n) is 18.4. The largest absolute Gasteiger partial charge is 0.456 e. The van der Waals surface area contributed by atoms with Gasteiger partial charge in [0.25, 0.3) is 0 Å². The van der Waals surface area contributed by atoms with Gasteiger partial charge in [-0.1, -0.05) is 170 Å². The predicted molar refractivity (Wildman–Crippen MR) is 226 cm³/mol. The number of hydrogen-bond donors (Lipinski definition) is 0. The predicted octanol–water partition coefficient (Wildman–Crippen LogP) is 15.0. The average Bonchev–Trinajstić information content (AvgIpc) is 3.82. The van der Waals surface area contributed by atoms with Gasteiger partial charge in [0.05, 0.1) is 5.39 Å². The van der Waals surface area contributed by atoms with E-state index in [4.69, 9.17) is 8.83 Å². The van der Waals surface area contributed by atoms with E-state index in [1.54, 1.807) is 0 Å². The van der Waals surface area contributed by atoms with E-state index in [0.717, 1.165) is 60.9 Å². The summed E-state index contributed by atoms with van der Waals surface area (Å²) in [6.45, 7) is 0. The summed E-state index contributed by atoms with van der Waals surface area (Å²) in [5, 5.41) is 7.96. The molecule has 0 aliphatic heterocycles. The highest BCUT2D eigenvalue weighted by atomic mass is 16.3. The molecule has 54 heavy (non-hydrogen) atoms. The van der Waals surface area contributed by atoms with Crippen molar-refractivity contribution in [1.29, 1.82) is 0 Å². The zero-order valence-corrected chi connectivity index (χ0v) is 29.3. The average molecular weight is 689 g/mol. The number of fused-ring (bicyclic) bond motifs is 7. The second-order valence-electron chi connectivity index (χ2n) is 13.9. The van der Waals surface area contributed by atoms with Crippen LogP contribution in [0.5, 0.6) is 0 Å². The van der Waals surface area contributed by atoms with Gasteiger partial charge in [-0.15, -0.1) is 0 Å². The van der Waals surface area contributed by atoms with Gasteiger partial charge in [-0.2, -0.15) is 0 Å². The highest BCUT2D eigenvalue weighted by Crippen LogP contribution is 2.48. The fourth-order valence-electron chi connectivity index (χ4n) is 8.55. The first kappa shape index (κ1) is 30.5. The number of hydrogen-bond acceptors (Lipinski definition) is 2. The smallest absolute Gasteiger partial charge is 0.147 e. The van der Waals surface area contributed by atoms with E-state index in [-0.39, 0.29) is 0 Å². The minimum absolute atomic E-state index is 0.810.